The summed E-state index contributed by atoms with van der Waals surface area (Å²) in [7, 11) is 1.88. The lowest BCUT2D eigenvalue weighted by Gasteiger charge is -2.17. The number of carbonyl (C=O) groups excluding carboxylic acids is 2. The van der Waals surface area contributed by atoms with Crippen LogP contribution in [0.2, 0.25) is 0 Å². The van der Waals surface area contributed by atoms with E-state index >= 15 is 0 Å². The summed E-state index contributed by atoms with van der Waals surface area (Å²) in [6, 6.07) is 11.4. The molecular formula is C20H22N2O4. The second-order valence-electron chi connectivity index (χ2n) is 6.51. The second kappa shape index (κ2) is 7.58. The highest BCUT2D eigenvalue weighted by Gasteiger charge is 2.20. The smallest absolute Gasteiger partial charge is 0.238 e. The molecule has 1 amide bonds. The molecule has 0 aliphatic carbocycles. The summed E-state index contributed by atoms with van der Waals surface area (Å²) in [6.07, 6.45) is 0. The number of nitrogens with one attached hydrogen (secondary N) is 1. The molecule has 0 spiro atoms. The van der Waals surface area contributed by atoms with Crippen LogP contribution < -0.4 is 14.8 Å². The highest BCUT2D eigenvalue weighted by molar-refractivity contribution is 6.05. The molecule has 0 bridgehead atoms. The van der Waals surface area contributed by atoms with Crippen molar-refractivity contribution in [1.29, 1.82) is 0 Å². The average molecular weight is 354 g/mol. The van der Waals surface area contributed by atoms with E-state index in [1.807, 2.05) is 18.9 Å². The van der Waals surface area contributed by atoms with Gasteiger partial charge in [-0.1, -0.05) is 29.8 Å². The van der Waals surface area contributed by atoms with Crippen LogP contribution in [0.4, 0.5) is 5.69 Å². The maximum Gasteiger partial charge on any atom is 0.238 e. The lowest BCUT2D eigenvalue weighted by atomic mass is 10.1. The first-order chi connectivity index (χ1) is 12.4. The Bertz CT molecular complexity index is 830. The van der Waals surface area contributed by atoms with Crippen molar-refractivity contribution in [2.24, 2.45) is 0 Å². The van der Waals surface area contributed by atoms with Crippen molar-refractivity contribution in [1.82, 2.24) is 4.90 Å². The van der Waals surface area contributed by atoms with Crippen molar-refractivity contribution in [3.63, 3.8) is 0 Å². The van der Waals surface area contributed by atoms with Gasteiger partial charge in [0.2, 0.25) is 12.7 Å². The van der Waals surface area contributed by atoms with Crippen LogP contribution in [0.25, 0.3) is 0 Å². The van der Waals surface area contributed by atoms with Gasteiger partial charge in [0.25, 0.3) is 0 Å². The maximum absolute atomic E-state index is 12.4. The Kier molecular flexibility index (Phi) is 5.23. The number of carbonyl (C=O) groups is 2. The Morgan fingerprint density at radius 3 is 2.42 bits per heavy atom. The molecule has 2 aromatic carbocycles. The van der Waals surface area contributed by atoms with Crippen molar-refractivity contribution in [3.8, 4) is 11.5 Å². The molecule has 26 heavy (non-hydrogen) atoms. The number of aryl methyl sites for hydroxylation is 1. The molecule has 136 valence electrons. The lowest BCUT2D eigenvalue weighted by molar-refractivity contribution is -0.117. The average Bonchev–Trinajstić information content (AvgIpc) is 3.03. The minimum Gasteiger partial charge on any atom is -0.454 e. The van der Waals surface area contributed by atoms with Crippen LogP contribution in [0.3, 0.4) is 0 Å². The van der Waals surface area contributed by atoms with Crippen LogP contribution in [0, 0.1) is 6.92 Å². The first kappa shape index (κ1) is 17.9. The molecule has 0 aromatic heterocycles. The molecule has 3 rings (SSSR count). The molecule has 2 aromatic rings. The van der Waals surface area contributed by atoms with Gasteiger partial charge in [0.05, 0.1) is 12.2 Å². The quantitative estimate of drug-likeness (QED) is 0.808. The zero-order valence-electron chi connectivity index (χ0n) is 15.2. The number of nitrogens with zero attached hydrogens (tertiary/aromatic N) is 1. The van der Waals surface area contributed by atoms with Gasteiger partial charge in [0.1, 0.15) is 0 Å². The van der Waals surface area contributed by atoms with E-state index < -0.39 is 0 Å². The SMILES string of the molecule is CC(=O)c1cc2c(cc1NC(=O)CN(C)Cc1ccc(C)cc1)OCO2. The summed E-state index contributed by atoms with van der Waals surface area (Å²) in [5, 5.41) is 2.81. The molecule has 1 aliphatic heterocycles. The summed E-state index contributed by atoms with van der Waals surface area (Å²) in [4.78, 5) is 26.2. The van der Waals surface area contributed by atoms with Crippen molar-refractivity contribution in [3.05, 3.63) is 53.1 Å². The van der Waals surface area contributed by atoms with Crippen LogP contribution in [0.15, 0.2) is 36.4 Å². The summed E-state index contributed by atoms with van der Waals surface area (Å²) >= 11 is 0. The van der Waals surface area contributed by atoms with Gasteiger partial charge in [-0.25, -0.2) is 0 Å². The van der Waals surface area contributed by atoms with E-state index in [-0.39, 0.29) is 25.0 Å². The molecule has 6 nitrogen and oxygen atoms in total. The second-order valence-corrected chi connectivity index (χ2v) is 6.51. The molecule has 6 heteroatoms. The van der Waals surface area contributed by atoms with E-state index in [2.05, 4.69) is 29.6 Å². The number of rotatable bonds is 6. The van der Waals surface area contributed by atoms with Crippen molar-refractivity contribution < 1.29 is 19.1 Å². The molecule has 0 saturated carbocycles. The summed E-state index contributed by atoms with van der Waals surface area (Å²) < 4.78 is 10.6. The largest absolute Gasteiger partial charge is 0.454 e. The molecule has 1 aliphatic rings. The lowest BCUT2D eigenvalue weighted by Crippen LogP contribution is -2.30. The Morgan fingerprint density at radius 1 is 1.12 bits per heavy atom. The van der Waals surface area contributed by atoms with Crippen molar-refractivity contribution >= 4 is 17.4 Å². The summed E-state index contributed by atoms with van der Waals surface area (Å²) in [6.45, 7) is 4.48. The Hall–Kier alpha value is -2.86. The number of benzene rings is 2. The molecular weight excluding hydrogens is 332 g/mol. The third-order valence-corrected chi connectivity index (χ3v) is 4.15. The number of amides is 1. The third kappa shape index (κ3) is 4.21. The van der Waals surface area contributed by atoms with Gasteiger partial charge in [-0.05, 0) is 32.5 Å². The van der Waals surface area contributed by atoms with E-state index in [1.165, 1.54) is 12.5 Å². The van der Waals surface area contributed by atoms with Crippen LogP contribution in [-0.2, 0) is 11.3 Å². The van der Waals surface area contributed by atoms with Gasteiger partial charge in [0, 0.05) is 18.2 Å². The normalized spacial score (nSPS) is 12.3. The molecule has 1 N–H and O–H groups in total. The fourth-order valence-electron chi connectivity index (χ4n) is 2.83. The zero-order chi connectivity index (χ0) is 18.7. The van der Waals surface area contributed by atoms with E-state index in [9.17, 15) is 9.59 Å². The molecule has 1 heterocycles. The van der Waals surface area contributed by atoms with E-state index in [0.717, 1.165) is 5.56 Å². The minimum absolute atomic E-state index is 0.114. The molecule has 0 radical (unpaired) electrons. The zero-order valence-corrected chi connectivity index (χ0v) is 15.2. The van der Waals surface area contributed by atoms with E-state index in [1.54, 1.807) is 12.1 Å². The standard InChI is InChI=1S/C20H22N2O4/c1-13-4-6-15(7-5-13)10-22(3)11-20(24)21-17-9-19-18(25-12-26-19)8-16(17)14(2)23/h4-9H,10-12H2,1-3H3,(H,21,24). The van der Waals surface area contributed by atoms with Crippen LogP contribution in [0.1, 0.15) is 28.4 Å². The minimum atomic E-state index is -0.194. The maximum atomic E-state index is 12.4. The Labute approximate surface area is 152 Å². The first-order valence-corrected chi connectivity index (χ1v) is 8.41. The van der Waals surface area contributed by atoms with Gasteiger partial charge in [-0.2, -0.15) is 0 Å². The number of Topliss-reactive ketones (excluding diaryl/α,β-unsaturated/α-hetero) is 1. The number of ketones is 1. The first-order valence-electron chi connectivity index (χ1n) is 8.41. The van der Waals surface area contributed by atoms with Gasteiger partial charge in [0.15, 0.2) is 17.3 Å². The number of likely N-dealkylation sites (N-methyl/N-ethyl adjacent to an activating group) is 1. The van der Waals surface area contributed by atoms with Gasteiger partial charge < -0.3 is 14.8 Å². The predicted octanol–water partition coefficient (Wildman–Crippen LogP) is 3.00. The third-order valence-electron chi connectivity index (χ3n) is 4.15. The van der Waals surface area contributed by atoms with Crippen molar-refractivity contribution in [2.75, 3.05) is 25.7 Å². The van der Waals surface area contributed by atoms with Gasteiger partial charge in [-0.3, -0.25) is 14.5 Å². The molecule has 0 fully saturated rings. The Balaban J connectivity index is 1.66. The molecule has 0 unspecified atom stereocenters. The predicted molar refractivity (Wildman–Crippen MR) is 98.7 cm³/mol. The molecule has 0 saturated heterocycles. The fraction of sp³-hybridized carbons (Fsp3) is 0.300. The number of hydrogen-bond donors (Lipinski definition) is 1. The summed E-state index contributed by atoms with van der Waals surface area (Å²) in [5.41, 5.74) is 3.19. The van der Waals surface area contributed by atoms with E-state index in [0.29, 0.717) is 29.3 Å². The van der Waals surface area contributed by atoms with Crippen LogP contribution in [-0.4, -0.2) is 37.0 Å². The Morgan fingerprint density at radius 2 is 1.77 bits per heavy atom. The molecule has 0 atom stereocenters. The number of fused-ring (bicyclic) bond motifs is 1. The monoisotopic (exact) mass is 354 g/mol. The van der Waals surface area contributed by atoms with E-state index in [4.69, 9.17) is 9.47 Å². The summed E-state index contributed by atoms with van der Waals surface area (Å²) in [5.74, 6) is 0.704. The van der Waals surface area contributed by atoms with Crippen LogP contribution in [0.5, 0.6) is 11.5 Å². The number of anilines is 1. The van der Waals surface area contributed by atoms with Gasteiger partial charge in [-0.15, -0.1) is 0 Å². The van der Waals surface area contributed by atoms with Crippen LogP contribution >= 0.6 is 0 Å². The topological polar surface area (TPSA) is 67.9 Å². The fourth-order valence-corrected chi connectivity index (χ4v) is 2.83. The highest BCUT2D eigenvalue weighted by Crippen LogP contribution is 2.37. The number of hydrogen-bond acceptors (Lipinski definition) is 5. The van der Waals surface area contributed by atoms with Gasteiger partial charge >= 0.3 is 0 Å². The van der Waals surface area contributed by atoms with Crippen molar-refractivity contribution in [2.45, 2.75) is 20.4 Å². The highest BCUT2D eigenvalue weighted by atomic mass is 16.7. The number of ether oxygens (including phenoxy) is 2.